The summed E-state index contributed by atoms with van der Waals surface area (Å²) < 4.78 is 5.02. The van der Waals surface area contributed by atoms with E-state index in [1.807, 2.05) is 18.2 Å². The van der Waals surface area contributed by atoms with E-state index in [9.17, 15) is 4.79 Å². The number of carbonyl (C=O) groups is 1. The van der Waals surface area contributed by atoms with Gasteiger partial charge in [-0.3, -0.25) is 4.79 Å². The van der Waals surface area contributed by atoms with Crippen molar-refractivity contribution in [3.05, 3.63) is 47.9 Å². The molecule has 2 aromatic rings. The van der Waals surface area contributed by atoms with E-state index in [1.54, 1.807) is 12.5 Å². The lowest BCUT2D eigenvalue weighted by Crippen LogP contribution is -2.18. The molecule has 0 saturated heterocycles. The molecule has 0 saturated carbocycles. The summed E-state index contributed by atoms with van der Waals surface area (Å²) in [7, 11) is 0. The molecule has 0 aliphatic carbocycles. The first-order valence-corrected chi connectivity index (χ1v) is 5.99. The van der Waals surface area contributed by atoms with Gasteiger partial charge in [-0.2, -0.15) is 0 Å². The van der Waals surface area contributed by atoms with Crippen molar-refractivity contribution in [2.75, 3.05) is 10.6 Å². The molecule has 4 heteroatoms. The summed E-state index contributed by atoms with van der Waals surface area (Å²) in [6.07, 6.45) is 4.77. The van der Waals surface area contributed by atoms with E-state index < -0.39 is 0 Å². The van der Waals surface area contributed by atoms with Gasteiger partial charge in [0.05, 0.1) is 12.5 Å². The minimum Gasteiger partial charge on any atom is -0.472 e. The van der Waals surface area contributed by atoms with Crippen LogP contribution in [0.3, 0.4) is 0 Å². The molecule has 1 aliphatic rings. The SMILES string of the molecule is O=C1CCc2cc(NCc3ccoc3)ccc2N1. The number of aryl methyl sites for hydroxylation is 1. The number of furan rings is 1. The molecule has 1 amide bonds. The second kappa shape index (κ2) is 4.56. The average molecular weight is 242 g/mol. The van der Waals surface area contributed by atoms with Crippen LogP contribution in [0.15, 0.2) is 41.2 Å². The van der Waals surface area contributed by atoms with Crippen LogP contribution in [0.25, 0.3) is 0 Å². The van der Waals surface area contributed by atoms with Crippen LogP contribution < -0.4 is 10.6 Å². The van der Waals surface area contributed by atoms with E-state index in [0.717, 1.165) is 29.9 Å². The monoisotopic (exact) mass is 242 g/mol. The van der Waals surface area contributed by atoms with Gasteiger partial charge < -0.3 is 15.1 Å². The lowest BCUT2D eigenvalue weighted by molar-refractivity contribution is -0.116. The molecule has 18 heavy (non-hydrogen) atoms. The Morgan fingerprint density at radius 3 is 3.06 bits per heavy atom. The normalized spacial score (nSPS) is 13.9. The van der Waals surface area contributed by atoms with Crippen molar-refractivity contribution in [2.24, 2.45) is 0 Å². The van der Waals surface area contributed by atoms with Crippen LogP contribution in [-0.2, 0) is 17.8 Å². The van der Waals surface area contributed by atoms with Crippen molar-refractivity contribution < 1.29 is 9.21 Å². The Morgan fingerprint density at radius 2 is 2.22 bits per heavy atom. The van der Waals surface area contributed by atoms with Gasteiger partial charge in [0.1, 0.15) is 0 Å². The van der Waals surface area contributed by atoms with Crippen molar-refractivity contribution in [1.82, 2.24) is 0 Å². The molecule has 1 aromatic carbocycles. The molecule has 0 fully saturated rings. The Bertz CT molecular complexity index is 561. The number of rotatable bonds is 3. The Hall–Kier alpha value is -2.23. The summed E-state index contributed by atoms with van der Waals surface area (Å²) >= 11 is 0. The van der Waals surface area contributed by atoms with Crippen LogP contribution in [0.1, 0.15) is 17.5 Å². The van der Waals surface area contributed by atoms with Gasteiger partial charge in [0, 0.05) is 29.9 Å². The summed E-state index contributed by atoms with van der Waals surface area (Å²) in [5.41, 5.74) is 4.29. The number of hydrogen-bond acceptors (Lipinski definition) is 3. The van der Waals surface area contributed by atoms with E-state index in [-0.39, 0.29) is 5.91 Å². The highest BCUT2D eigenvalue weighted by atomic mass is 16.3. The molecule has 4 nitrogen and oxygen atoms in total. The van der Waals surface area contributed by atoms with Crippen molar-refractivity contribution >= 4 is 17.3 Å². The first-order valence-electron chi connectivity index (χ1n) is 5.99. The molecule has 2 N–H and O–H groups in total. The maximum Gasteiger partial charge on any atom is 0.224 e. The Kier molecular flexibility index (Phi) is 2.76. The Balaban J connectivity index is 1.72. The van der Waals surface area contributed by atoms with Crippen molar-refractivity contribution in [3.63, 3.8) is 0 Å². The van der Waals surface area contributed by atoms with Crippen LogP contribution in [0, 0.1) is 0 Å². The fraction of sp³-hybridized carbons (Fsp3) is 0.214. The lowest BCUT2D eigenvalue weighted by atomic mass is 10.0. The standard InChI is InChI=1S/C14H14N2O2/c17-14-4-1-11-7-12(2-3-13(11)16-14)15-8-10-5-6-18-9-10/h2-3,5-7,9,15H,1,4,8H2,(H,16,17). The van der Waals surface area contributed by atoms with E-state index in [0.29, 0.717) is 6.42 Å². The Morgan fingerprint density at radius 1 is 1.28 bits per heavy atom. The van der Waals surface area contributed by atoms with Gasteiger partial charge in [-0.05, 0) is 36.2 Å². The lowest BCUT2D eigenvalue weighted by Gasteiger charge is -2.17. The summed E-state index contributed by atoms with van der Waals surface area (Å²) in [4.78, 5) is 11.3. The van der Waals surface area contributed by atoms with Crippen LogP contribution in [0.4, 0.5) is 11.4 Å². The molecule has 1 aromatic heterocycles. The zero-order valence-electron chi connectivity index (χ0n) is 9.90. The number of fused-ring (bicyclic) bond motifs is 1. The molecule has 0 spiro atoms. The molecule has 2 heterocycles. The number of nitrogens with one attached hydrogen (secondary N) is 2. The third kappa shape index (κ3) is 2.22. The molecule has 3 rings (SSSR count). The summed E-state index contributed by atoms with van der Waals surface area (Å²) in [5.74, 6) is 0.0987. The highest BCUT2D eigenvalue weighted by molar-refractivity contribution is 5.94. The van der Waals surface area contributed by atoms with Crippen molar-refractivity contribution in [2.45, 2.75) is 19.4 Å². The number of carbonyl (C=O) groups excluding carboxylic acids is 1. The van der Waals surface area contributed by atoms with Gasteiger partial charge in [-0.1, -0.05) is 0 Å². The highest BCUT2D eigenvalue weighted by Crippen LogP contribution is 2.25. The topological polar surface area (TPSA) is 54.3 Å². The fourth-order valence-corrected chi connectivity index (χ4v) is 2.09. The second-order valence-electron chi connectivity index (χ2n) is 4.41. The number of hydrogen-bond donors (Lipinski definition) is 2. The zero-order valence-corrected chi connectivity index (χ0v) is 9.90. The minimum absolute atomic E-state index is 0.0987. The van der Waals surface area contributed by atoms with Gasteiger partial charge in [-0.15, -0.1) is 0 Å². The smallest absolute Gasteiger partial charge is 0.224 e. The third-order valence-electron chi connectivity index (χ3n) is 3.08. The quantitative estimate of drug-likeness (QED) is 0.870. The average Bonchev–Trinajstić information content (AvgIpc) is 2.89. The molecule has 0 atom stereocenters. The van der Waals surface area contributed by atoms with Crippen LogP contribution in [0.5, 0.6) is 0 Å². The zero-order chi connectivity index (χ0) is 12.4. The van der Waals surface area contributed by atoms with E-state index in [2.05, 4.69) is 16.7 Å². The summed E-state index contributed by atoms with van der Waals surface area (Å²) in [5, 5.41) is 6.21. The third-order valence-corrected chi connectivity index (χ3v) is 3.08. The van der Waals surface area contributed by atoms with Crippen LogP contribution in [0.2, 0.25) is 0 Å². The second-order valence-corrected chi connectivity index (χ2v) is 4.41. The first-order chi connectivity index (χ1) is 8.81. The molecule has 1 aliphatic heterocycles. The van der Waals surface area contributed by atoms with E-state index in [1.165, 1.54) is 5.56 Å². The van der Waals surface area contributed by atoms with E-state index >= 15 is 0 Å². The van der Waals surface area contributed by atoms with Gasteiger partial charge in [0.25, 0.3) is 0 Å². The summed E-state index contributed by atoms with van der Waals surface area (Å²) in [6.45, 7) is 0.738. The number of amides is 1. The maximum atomic E-state index is 11.3. The summed E-state index contributed by atoms with van der Waals surface area (Å²) in [6, 6.07) is 7.95. The molecule has 0 radical (unpaired) electrons. The maximum absolute atomic E-state index is 11.3. The molecular weight excluding hydrogens is 228 g/mol. The minimum atomic E-state index is 0.0987. The van der Waals surface area contributed by atoms with Gasteiger partial charge in [-0.25, -0.2) is 0 Å². The number of benzene rings is 1. The van der Waals surface area contributed by atoms with Gasteiger partial charge >= 0.3 is 0 Å². The largest absolute Gasteiger partial charge is 0.472 e. The molecule has 92 valence electrons. The van der Waals surface area contributed by atoms with Crippen molar-refractivity contribution in [3.8, 4) is 0 Å². The predicted molar refractivity (Wildman–Crippen MR) is 69.4 cm³/mol. The molecular formula is C14H14N2O2. The van der Waals surface area contributed by atoms with Gasteiger partial charge in [0.15, 0.2) is 0 Å². The molecule has 0 unspecified atom stereocenters. The highest BCUT2D eigenvalue weighted by Gasteiger charge is 2.14. The van der Waals surface area contributed by atoms with Crippen molar-refractivity contribution in [1.29, 1.82) is 0 Å². The molecule has 0 bridgehead atoms. The fourth-order valence-electron chi connectivity index (χ4n) is 2.09. The van der Waals surface area contributed by atoms with E-state index in [4.69, 9.17) is 4.42 Å². The first kappa shape index (κ1) is 10.9. The van der Waals surface area contributed by atoms with Crippen LogP contribution in [-0.4, -0.2) is 5.91 Å². The van der Waals surface area contributed by atoms with Crippen LogP contribution >= 0.6 is 0 Å². The van der Waals surface area contributed by atoms with Gasteiger partial charge in [0.2, 0.25) is 5.91 Å². The number of anilines is 2. The Labute approximate surface area is 105 Å². The predicted octanol–water partition coefficient (Wildman–Crippen LogP) is 2.78.